The van der Waals surface area contributed by atoms with E-state index in [1.807, 2.05) is 6.92 Å². The van der Waals surface area contributed by atoms with Crippen LogP contribution in [0.4, 0.5) is 0 Å². The van der Waals surface area contributed by atoms with E-state index in [-0.39, 0.29) is 5.41 Å². The Morgan fingerprint density at radius 3 is 2.36 bits per heavy atom. The Bertz CT molecular complexity index is 113. The zero-order chi connectivity index (χ0) is 8.32. The topological polar surface area (TPSA) is 27.7 Å². The fourth-order valence-electron chi connectivity index (χ4n) is 0.909. The molecule has 0 atom stereocenters. The maximum absolute atomic E-state index is 5.29. The Morgan fingerprint density at radius 2 is 1.91 bits per heavy atom. The highest BCUT2D eigenvalue weighted by molar-refractivity contribution is 4.69. The fraction of sp³-hybridized carbons (Fsp3) is 1.00. The molecular weight excluding hydrogens is 144 g/mol. The van der Waals surface area contributed by atoms with Gasteiger partial charge in [0.1, 0.15) is 0 Å². The lowest BCUT2D eigenvalue weighted by Crippen LogP contribution is -2.38. The van der Waals surface area contributed by atoms with Crippen LogP contribution in [0.15, 0.2) is 0 Å². The van der Waals surface area contributed by atoms with Gasteiger partial charge in [-0.3, -0.25) is 0 Å². The Morgan fingerprint density at radius 1 is 1.36 bits per heavy atom. The third-order valence-corrected chi connectivity index (χ3v) is 1.52. The Hall–Kier alpha value is -0.120. The Kier molecular flexibility index (Phi) is 2.87. The average Bonchev–Trinajstić information content (AvgIpc) is 1.94. The van der Waals surface area contributed by atoms with E-state index in [1.165, 1.54) is 0 Å². The molecule has 0 saturated carbocycles. The van der Waals surface area contributed by atoms with Crippen LogP contribution in [-0.2, 0) is 14.2 Å². The summed E-state index contributed by atoms with van der Waals surface area (Å²) in [7, 11) is 0. The van der Waals surface area contributed by atoms with Crippen LogP contribution in [0.25, 0.3) is 0 Å². The largest absolute Gasteiger partial charge is 0.330 e. The summed E-state index contributed by atoms with van der Waals surface area (Å²) in [6.07, 6.45) is 0. The van der Waals surface area contributed by atoms with Gasteiger partial charge in [0.25, 0.3) is 6.48 Å². The molecule has 1 fully saturated rings. The van der Waals surface area contributed by atoms with Crippen molar-refractivity contribution in [3.63, 3.8) is 0 Å². The molecule has 0 bridgehead atoms. The summed E-state index contributed by atoms with van der Waals surface area (Å²) in [6.45, 7) is 7.74. The first-order chi connectivity index (χ1) is 5.14. The van der Waals surface area contributed by atoms with Gasteiger partial charge in [-0.05, 0) is 6.92 Å². The monoisotopic (exact) mass is 160 g/mol. The summed E-state index contributed by atoms with van der Waals surface area (Å²) < 4.78 is 15.7. The summed E-state index contributed by atoms with van der Waals surface area (Å²) in [4.78, 5) is 0. The SMILES string of the molecule is CCOC1OCC(C)(C)CO1. The normalized spacial score (nSPS) is 25.4. The molecule has 0 radical (unpaired) electrons. The van der Waals surface area contributed by atoms with E-state index in [0.717, 1.165) is 0 Å². The molecular formula is C8H16O3. The van der Waals surface area contributed by atoms with Gasteiger partial charge in [-0.1, -0.05) is 13.8 Å². The lowest BCUT2D eigenvalue weighted by Gasteiger charge is -2.33. The number of hydrogen-bond donors (Lipinski definition) is 0. The van der Waals surface area contributed by atoms with Crippen molar-refractivity contribution in [2.24, 2.45) is 5.41 Å². The molecule has 66 valence electrons. The minimum absolute atomic E-state index is 0.133. The van der Waals surface area contributed by atoms with Crippen LogP contribution in [0, 0.1) is 5.41 Å². The van der Waals surface area contributed by atoms with E-state index in [9.17, 15) is 0 Å². The van der Waals surface area contributed by atoms with Crippen LogP contribution in [0.3, 0.4) is 0 Å². The van der Waals surface area contributed by atoms with E-state index in [2.05, 4.69) is 13.8 Å². The van der Waals surface area contributed by atoms with Crippen molar-refractivity contribution in [3.8, 4) is 0 Å². The molecule has 1 heterocycles. The highest BCUT2D eigenvalue weighted by Crippen LogP contribution is 2.22. The molecule has 1 aliphatic rings. The molecule has 1 saturated heterocycles. The second-order valence-corrected chi connectivity index (χ2v) is 3.53. The van der Waals surface area contributed by atoms with Crippen LogP contribution in [-0.4, -0.2) is 26.3 Å². The third kappa shape index (κ3) is 2.77. The molecule has 0 aliphatic carbocycles. The molecule has 0 unspecified atom stereocenters. The van der Waals surface area contributed by atoms with E-state index in [4.69, 9.17) is 14.2 Å². The molecule has 11 heavy (non-hydrogen) atoms. The lowest BCUT2D eigenvalue weighted by atomic mass is 9.96. The Balaban J connectivity index is 2.25. The first-order valence-corrected chi connectivity index (χ1v) is 3.99. The van der Waals surface area contributed by atoms with Crippen molar-refractivity contribution in [1.82, 2.24) is 0 Å². The summed E-state index contributed by atoms with van der Waals surface area (Å²) in [5.74, 6) is 0. The van der Waals surface area contributed by atoms with Crippen molar-refractivity contribution in [1.29, 1.82) is 0 Å². The smallest absolute Gasteiger partial charge is 0.271 e. The average molecular weight is 160 g/mol. The van der Waals surface area contributed by atoms with Gasteiger partial charge in [0.05, 0.1) is 13.2 Å². The molecule has 0 N–H and O–H groups in total. The first kappa shape index (κ1) is 8.97. The van der Waals surface area contributed by atoms with Crippen molar-refractivity contribution >= 4 is 0 Å². The third-order valence-electron chi connectivity index (χ3n) is 1.52. The van der Waals surface area contributed by atoms with E-state index >= 15 is 0 Å². The van der Waals surface area contributed by atoms with Crippen LogP contribution in [0.5, 0.6) is 0 Å². The molecule has 3 heteroatoms. The predicted molar refractivity (Wildman–Crippen MR) is 41.1 cm³/mol. The maximum Gasteiger partial charge on any atom is 0.271 e. The number of rotatable bonds is 2. The van der Waals surface area contributed by atoms with Gasteiger partial charge in [0, 0.05) is 12.0 Å². The molecule has 0 amide bonds. The van der Waals surface area contributed by atoms with Gasteiger partial charge in [0.15, 0.2) is 0 Å². The van der Waals surface area contributed by atoms with Crippen molar-refractivity contribution < 1.29 is 14.2 Å². The molecule has 1 aliphatic heterocycles. The Labute approximate surface area is 67.6 Å². The minimum atomic E-state index is -0.437. The van der Waals surface area contributed by atoms with Crippen LogP contribution in [0.1, 0.15) is 20.8 Å². The minimum Gasteiger partial charge on any atom is -0.330 e. The zero-order valence-electron chi connectivity index (χ0n) is 7.42. The van der Waals surface area contributed by atoms with Crippen LogP contribution < -0.4 is 0 Å². The summed E-state index contributed by atoms with van der Waals surface area (Å²) in [6, 6.07) is 0. The van der Waals surface area contributed by atoms with E-state index < -0.39 is 6.48 Å². The maximum atomic E-state index is 5.29. The van der Waals surface area contributed by atoms with Gasteiger partial charge >= 0.3 is 0 Å². The van der Waals surface area contributed by atoms with Crippen LogP contribution in [0.2, 0.25) is 0 Å². The van der Waals surface area contributed by atoms with Gasteiger partial charge in [-0.25, -0.2) is 0 Å². The van der Waals surface area contributed by atoms with Gasteiger partial charge < -0.3 is 14.2 Å². The van der Waals surface area contributed by atoms with Crippen molar-refractivity contribution in [2.75, 3.05) is 19.8 Å². The first-order valence-electron chi connectivity index (χ1n) is 3.99. The quantitative estimate of drug-likeness (QED) is 0.610. The van der Waals surface area contributed by atoms with E-state index in [0.29, 0.717) is 19.8 Å². The molecule has 0 aromatic rings. The second kappa shape index (κ2) is 3.52. The van der Waals surface area contributed by atoms with Gasteiger partial charge in [-0.15, -0.1) is 0 Å². The fourth-order valence-corrected chi connectivity index (χ4v) is 0.909. The standard InChI is InChI=1S/C8H16O3/c1-4-9-7-10-5-8(2,3)6-11-7/h7H,4-6H2,1-3H3. The summed E-state index contributed by atoms with van der Waals surface area (Å²) in [5.41, 5.74) is 0.133. The number of hydrogen-bond acceptors (Lipinski definition) is 3. The summed E-state index contributed by atoms with van der Waals surface area (Å²) in [5, 5.41) is 0. The second-order valence-electron chi connectivity index (χ2n) is 3.53. The molecule has 1 rings (SSSR count). The highest BCUT2D eigenvalue weighted by atomic mass is 16.8. The zero-order valence-corrected chi connectivity index (χ0v) is 7.42. The molecule has 0 spiro atoms. The van der Waals surface area contributed by atoms with Crippen LogP contribution >= 0.6 is 0 Å². The van der Waals surface area contributed by atoms with E-state index in [1.54, 1.807) is 0 Å². The molecule has 0 aromatic carbocycles. The predicted octanol–water partition coefficient (Wildman–Crippen LogP) is 1.38. The highest BCUT2D eigenvalue weighted by Gasteiger charge is 2.28. The number of ether oxygens (including phenoxy) is 3. The van der Waals surface area contributed by atoms with Crippen molar-refractivity contribution in [2.45, 2.75) is 27.2 Å². The lowest BCUT2D eigenvalue weighted by molar-refractivity contribution is -0.332. The van der Waals surface area contributed by atoms with Crippen molar-refractivity contribution in [3.05, 3.63) is 0 Å². The molecule has 3 nitrogen and oxygen atoms in total. The summed E-state index contributed by atoms with van der Waals surface area (Å²) >= 11 is 0. The van der Waals surface area contributed by atoms with Gasteiger partial charge in [-0.2, -0.15) is 0 Å². The van der Waals surface area contributed by atoms with Gasteiger partial charge in [0.2, 0.25) is 0 Å². The molecule has 0 aromatic heterocycles.